The fraction of sp³-hybridized carbons (Fsp3) is 0.105. The Bertz CT molecular complexity index is 1010. The van der Waals surface area contributed by atoms with Crippen molar-refractivity contribution in [2.45, 2.75) is 13.8 Å². The average Bonchev–Trinajstić information content (AvgIpc) is 2.56. The second-order valence-corrected chi connectivity index (χ2v) is 5.89. The topological polar surface area (TPSA) is 76.0 Å². The third-order valence-corrected chi connectivity index (χ3v) is 3.64. The van der Waals surface area contributed by atoms with Crippen LogP contribution >= 0.6 is 0 Å². The van der Waals surface area contributed by atoms with E-state index in [0.717, 1.165) is 11.1 Å². The Kier molecular flexibility index (Phi) is 4.79. The highest BCUT2D eigenvalue weighted by atomic mass is 19.1. The number of rotatable bonds is 3. The third kappa shape index (κ3) is 3.94. The Balaban J connectivity index is 1.85. The van der Waals surface area contributed by atoms with Gasteiger partial charge in [0.25, 0.3) is 5.56 Å². The van der Waals surface area contributed by atoms with Gasteiger partial charge >= 0.3 is 6.03 Å². The SMILES string of the molecule is Cc1cc(C)cc(-n2ccnc(NC(=O)Nc3cccc(F)c3)c2=O)c1. The van der Waals surface area contributed by atoms with Crippen molar-refractivity contribution >= 4 is 17.5 Å². The van der Waals surface area contributed by atoms with Gasteiger partial charge in [-0.25, -0.2) is 14.2 Å². The van der Waals surface area contributed by atoms with Crippen LogP contribution in [0.25, 0.3) is 5.69 Å². The van der Waals surface area contributed by atoms with E-state index in [1.54, 1.807) is 0 Å². The molecule has 0 spiro atoms. The fourth-order valence-electron chi connectivity index (χ4n) is 2.63. The molecule has 2 aromatic carbocycles. The lowest BCUT2D eigenvalue weighted by Gasteiger charge is -2.11. The minimum absolute atomic E-state index is 0.124. The number of aryl methyl sites for hydroxylation is 2. The van der Waals surface area contributed by atoms with E-state index in [1.165, 1.54) is 41.2 Å². The molecule has 2 amide bonds. The molecule has 1 aromatic heterocycles. The molecule has 0 radical (unpaired) electrons. The first-order valence-corrected chi connectivity index (χ1v) is 7.92. The number of carbonyl (C=O) groups excluding carboxylic acids is 1. The number of nitrogens with one attached hydrogen (secondary N) is 2. The maximum atomic E-state index is 13.2. The molecular formula is C19H17FN4O2. The number of aromatic nitrogens is 2. The zero-order valence-electron chi connectivity index (χ0n) is 14.3. The van der Waals surface area contributed by atoms with Crippen molar-refractivity contribution in [2.75, 3.05) is 10.6 Å². The van der Waals surface area contributed by atoms with E-state index in [4.69, 9.17) is 0 Å². The summed E-state index contributed by atoms with van der Waals surface area (Å²) < 4.78 is 14.6. The van der Waals surface area contributed by atoms with Crippen molar-refractivity contribution in [2.24, 2.45) is 0 Å². The van der Waals surface area contributed by atoms with E-state index in [2.05, 4.69) is 15.6 Å². The molecule has 3 aromatic rings. The second kappa shape index (κ2) is 7.18. The molecule has 0 aliphatic rings. The number of halogens is 1. The summed E-state index contributed by atoms with van der Waals surface area (Å²) in [5.74, 6) is -0.599. The predicted molar refractivity (Wildman–Crippen MR) is 98.3 cm³/mol. The Morgan fingerprint density at radius 1 is 1.08 bits per heavy atom. The van der Waals surface area contributed by atoms with E-state index < -0.39 is 17.4 Å². The van der Waals surface area contributed by atoms with Gasteiger partial charge in [-0.2, -0.15) is 0 Å². The maximum absolute atomic E-state index is 13.2. The van der Waals surface area contributed by atoms with E-state index in [9.17, 15) is 14.0 Å². The first kappa shape index (κ1) is 17.3. The van der Waals surface area contributed by atoms with Gasteiger partial charge in [0, 0.05) is 23.8 Å². The van der Waals surface area contributed by atoms with Crippen LogP contribution in [0, 0.1) is 19.7 Å². The van der Waals surface area contributed by atoms with Crippen LogP contribution in [0.2, 0.25) is 0 Å². The highest BCUT2D eigenvalue weighted by Crippen LogP contribution is 2.13. The Morgan fingerprint density at radius 3 is 2.50 bits per heavy atom. The van der Waals surface area contributed by atoms with Crippen LogP contribution in [0.4, 0.5) is 20.7 Å². The number of anilines is 2. The van der Waals surface area contributed by atoms with Crippen LogP contribution in [0.1, 0.15) is 11.1 Å². The molecule has 0 bridgehead atoms. The van der Waals surface area contributed by atoms with Crippen LogP contribution < -0.4 is 16.2 Å². The van der Waals surface area contributed by atoms with Gasteiger partial charge in [0.15, 0.2) is 0 Å². The van der Waals surface area contributed by atoms with Gasteiger partial charge in [-0.05, 0) is 55.3 Å². The molecule has 3 rings (SSSR count). The summed E-state index contributed by atoms with van der Waals surface area (Å²) in [6.07, 6.45) is 2.96. The molecule has 7 heteroatoms. The molecule has 0 saturated heterocycles. The van der Waals surface area contributed by atoms with Crippen molar-refractivity contribution < 1.29 is 9.18 Å². The molecule has 2 N–H and O–H groups in total. The number of benzene rings is 2. The number of nitrogens with zero attached hydrogens (tertiary/aromatic N) is 2. The van der Waals surface area contributed by atoms with Crippen LogP contribution in [0.15, 0.2) is 59.7 Å². The molecule has 26 heavy (non-hydrogen) atoms. The Labute approximate surface area is 149 Å². The van der Waals surface area contributed by atoms with Crippen LogP contribution in [0.3, 0.4) is 0 Å². The van der Waals surface area contributed by atoms with Crippen molar-refractivity contribution in [1.29, 1.82) is 0 Å². The molecule has 132 valence electrons. The lowest BCUT2D eigenvalue weighted by Crippen LogP contribution is -2.28. The highest BCUT2D eigenvalue weighted by Gasteiger charge is 2.11. The van der Waals surface area contributed by atoms with Crippen LogP contribution in [-0.4, -0.2) is 15.6 Å². The minimum atomic E-state index is -0.682. The lowest BCUT2D eigenvalue weighted by molar-refractivity contribution is 0.262. The van der Waals surface area contributed by atoms with Crippen LogP contribution in [-0.2, 0) is 0 Å². The summed E-state index contributed by atoms with van der Waals surface area (Å²) in [6.45, 7) is 3.88. The van der Waals surface area contributed by atoms with Gasteiger partial charge in [-0.1, -0.05) is 12.1 Å². The molecular weight excluding hydrogens is 335 g/mol. The van der Waals surface area contributed by atoms with E-state index in [1.807, 2.05) is 32.0 Å². The zero-order valence-corrected chi connectivity index (χ0v) is 14.3. The number of carbonyl (C=O) groups is 1. The summed E-state index contributed by atoms with van der Waals surface area (Å²) in [4.78, 5) is 28.6. The number of hydrogen-bond donors (Lipinski definition) is 2. The molecule has 0 aliphatic carbocycles. The van der Waals surface area contributed by atoms with Crippen molar-refractivity contribution in [3.05, 3.63) is 82.2 Å². The van der Waals surface area contributed by atoms with Crippen LogP contribution in [0.5, 0.6) is 0 Å². The lowest BCUT2D eigenvalue weighted by atomic mass is 10.1. The quantitative estimate of drug-likeness (QED) is 0.756. The molecule has 0 atom stereocenters. The fourth-order valence-corrected chi connectivity index (χ4v) is 2.63. The first-order valence-electron chi connectivity index (χ1n) is 7.92. The maximum Gasteiger partial charge on any atom is 0.325 e. The van der Waals surface area contributed by atoms with Gasteiger partial charge in [-0.3, -0.25) is 14.7 Å². The molecule has 0 aliphatic heterocycles. The monoisotopic (exact) mass is 352 g/mol. The first-order chi connectivity index (χ1) is 12.4. The summed E-state index contributed by atoms with van der Waals surface area (Å²) in [7, 11) is 0. The normalized spacial score (nSPS) is 10.4. The van der Waals surface area contributed by atoms with Crippen molar-refractivity contribution in [3.63, 3.8) is 0 Å². The van der Waals surface area contributed by atoms with Crippen molar-refractivity contribution in [3.8, 4) is 5.69 Å². The summed E-state index contributed by atoms with van der Waals surface area (Å²) in [6, 6.07) is 10.5. The van der Waals surface area contributed by atoms with Gasteiger partial charge in [0.05, 0.1) is 0 Å². The largest absolute Gasteiger partial charge is 0.325 e. The van der Waals surface area contributed by atoms with E-state index in [0.29, 0.717) is 5.69 Å². The molecule has 0 unspecified atom stereocenters. The van der Waals surface area contributed by atoms with Gasteiger partial charge in [0.2, 0.25) is 5.82 Å². The minimum Gasteiger partial charge on any atom is -0.308 e. The summed E-state index contributed by atoms with van der Waals surface area (Å²) in [5.41, 5.74) is 2.52. The smallest absolute Gasteiger partial charge is 0.308 e. The Morgan fingerprint density at radius 2 is 1.81 bits per heavy atom. The van der Waals surface area contributed by atoms with Gasteiger partial charge in [-0.15, -0.1) is 0 Å². The molecule has 1 heterocycles. The number of amides is 2. The zero-order chi connectivity index (χ0) is 18.7. The average molecular weight is 352 g/mol. The summed E-state index contributed by atoms with van der Waals surface area (Å²) >= 11 is 0. The number of urea groups is 1. The van der Waals surface area contributed by atoms with Crippen molar-refractivity contribution in [1.82, 2.24) is 9.55 Å². The highest BCUT2D eigenvalue weighted by molar-refractivity contribution is 5.99. The van der Waals surface area contributed by atoms with E-state index >= 15 is 0 Å². The standard InChI is InChI=1S/C19H17FN4O2/c1-12-8-13(2)10-16(9-12)24-7-6-21-17(18(24)25)23-19(26)22-15-5-3-4-14(20)11-15/h3-11H,1-2H3,(H2,21,22,23,26). The second-order valence-electron chi connectivity index (χ2n) is 5.89. The molecule has 0 saturated carbocycles. The molecule has 0 fully saturated rings. The predicted octanol–water partition coefficient (Wildman–Crippen LogP) is 3.63. The van der Waals surface area contributed by atoms with E-state index in [-0.39, 0.29) is 11.5 Å². The van der Waals surface area contributed by atoms with Gasteiger partial charge in [0.1, 0.15) is 5.82 Å². The number of hydrogen-bond acceptors (Lipinski definition) is 3. The molecule has 6 nitrogen and oxygen atoms in total. The third-order valence-electron chi connectivity index (χ3n) is 3.64. The van der Waals surface area contributed by atoms with Gasteiger partial charge < -0.3 is 5.32 Å². The Hall–Kier alpha value is -3.48. The summed E-state index contributed by atoms with van der Waals surface area (Å²) in [5, 5.41) is 4.86.